The highest BCUT2D eigenvalue weighted by molar-refractivity contribution is 8.18. The number of ether oxygens (including phenoxy) is 2. The first-order valence-electron chi connectivity index (χ1n) is 10.3. The van der Waals surface area contributed by atoms with Crippen molar-refractivity contribution >= 4 is 63.8 Å². The van der Waals surface area contributed by atoms with Gasteiger partial charge >= 0.3 is 0 Å². The van der Waals surface area contributed by atoms with E-state index in [1.807, 2.05) is 0 Å². The second kappa shape index (κ2) is 11.4. The Morgan fingerprint density at radius 2 is 1.66 bits per heavy atom. The van der Waals surface area contributed by atoms with Gasteiger partial charge in [0.25, 0.3) is 11.1 Å². The van der Waals surface area contributed by atoms with Crippen LogP contribution in [0.4, 0.5) is 9.18 Å². The Hall–Kier alpha value is -2.71. The molecule has 1 heterocycles. The van der Waals surface area contributed by atoms with Gasteiger partial charge in [0.1, 0.15) is 30.5 Å². The van der Waals surface area contributed by atoms with Gasteiger partial charge in [0.2, 0.25) is 0 Å². The Balaban J connectivity index is 1.36. The van der Waals surface area contributed by atoms with Gasteiger partial charge in [-0.25, -0.2) is 4.39 Å². The number of benzene rings is 3. The predicted octanol–water partition coefficient (Wildman–Crippen LogP) is 7.48. The number of halogens is 4. The average molecular weight is 553 g/mol. The van der Waals surface area contributed by atoms with Crippen LogP contribution in [0.5, 0.6) is 11.5 Å². The number of imide groups is 1. The van der Waals surface area contributed by atoms with Gasteiger partial charge in [-0.15, -0.1) is 0 Å². The number of carbonyl (C=O) groups excluding carboxylic acids is 2. The molecule has 3 aromatic rings. The Kier molecular flexibility index (Phi) is 8.23. The fourth-order valence-corrected chi connectivity index (χ4v) is 4.57. The lowest BCUT2D eigenvalue weighted by molar-refractivity contribution is -0.123. The van der Waals surface area contributed by atoms with Crippen LogP contribution in [0.25, 0.3) is 6.08 Å². The molecule has 10 heteroatoms. The summed E-state index contributed by atoms with van der Waals surface area (Å²) in [7, 11) is 0. The SMILES string of the molecule is O=C1S/C(=C\c2ccc(OCc3ccc(Cl)c(Cl)c3)c(Cl)c2)C(=O)N1CCOc1ccc(F)cc1. The monoisotopic (exact) mass is 551 g/mol. The Bertz CT molecular complexity index is 1300. The second-order valence-corrected chi connectivity index (χ2v) is 9.58. The molecule has 0 N–H and O–H groups in total. The lowest BCUT2D eigenvalue weighted by Gasteiger charge is -2.13. The van der Waals surface area contributed by atoms with Crippen molar-refractivity contribution < 1.29 is 23.5 Å². The molecule has 1 aliphatic heterocycles. The third-order valence-corrected chi connectivity index (χ3v) is 6.84. The number of nitrogens with zero attached hydrogens (tertiary/aromatic N) is 1. The highest BCUT2D eigenvalue weighted by atomic mass is 35.5. The van der Waals surface area contributed by atoms with Gasteiger partial charge in [0.15, 0.2) is 0 Å². The molecule has 3 aromatic carbocycles. The van der Waals surface area contributed by atoms with Gasteiger partial charge in [-0.3, -0.25) is 14.5 Å². The van der Waals surface area contributed by atoms with E-state index in [1.165, 1.54) is 24.3 Å². The summed E-state index contributed by atoms with van der Waals surface area (Å²) in [5, 5.41) is 0.857. The van der Waals surface area contributed by atoms with Gasteiger partial charge in [-0.2, -0.15) is 0 Å². The molecule has 0 aromatic heterocycles. The van der Waals surface area contributed by atoms with Crippen molar-refractivity contribution in [2.24, 2.45) is 0 Å². The molecule has 180 valence electrons. The number of amides is 2. The number of rotatable bonds is 8. The topological polar surface area (TPSA) is 55.8 Å². The van der Waals surface area contributed by atoms with E-state index in [9.17, 15) is 14.0 Å². The van der Waals surface area contributed by atoms with Crippen LogP contribution in [-0.4, -0.2) is 29.2 Å². The first-order chi connectivity index (χ1) is 16.8. The van der Waals surface area contributed by atoms with Crippen LogP contribution in [-0.2, 0) is 11.4 Å². The second-order valence-electron chi connectivity index (χ2n) is 7.36. The van der Waals surface area contributed by atoms with Crippen LogP contribution in [0.15, 0.2) is 65.6 Å². The summed E-state index contributed by atoms with van der Waals surface area (Å²) in [4.78, 5) is 26.4. The number of hydrogen-bond donors (Lipinski definition) is 0. The van der Waals surface area contributed by atoms with Crippen molar-refractivity contribution in [2.45, 2.75) is 6.61 Å². The van der Waals surface area contributed by atoms with Crippen LogP contribution < -0.4 is 9.47 Å². The smallest absolute Gasteiger partial charge is 0.293 e. The Labute approximate surface area is 220 Å². The van der Waals surface area contributed by atoms with Crippen LogP contribution in [0.3, 0.4) is 0 Å². The van der Waals surface area contributed by atoms with E-state index in [-0.39, 0.29) is 30.5 Å². The number of thioether (sulfide) groups is 1. The molecule has 0 aliphatic carbocycles. The van der Waals surface area contributed by atoms with E-state index in [1.54, 1.807) is 42.5 Å². The lowest BCUT2D eigenvalue weighted by atomic mass is 10.2. The van der Waals surface area contributed by atoms with Crippen molar-refractivity contribution in [3.8, 4) is 11.5 Å². The van der Waals surface area contributed by atoms with Crippen molar-refractivity contribution in [3.63, 3.8) is 0 Å². The third-order valence-electron chi connectivity index (χ3n) is 4.90. The number of hydrogen-bond acceptors (Lipinski definition) is 5. The molecule has 1 aliphatic rings. The quantitative estimate of drug-likeness (QED) is 0.271. The summed E-state index contributed by atoms with van der Waals surface area (Å²) in [6, 6.07) is 15.8. The van der Waals surface area contributed by atoms with E-state index in [0.29, 0.717) is 32.1 Å². The standard InChI is InChI=1S/C25H17Cl3FNO4S/c26-19-7-1-16(12-20(19)27)14-34-22-8-2-15(11-21(22)28)13-23-24(31)30(25(32)35-23)9-10-33-18-5-3-17(29)4-6-18/h1-8,11-13H,9-10,14H2/b23-13-. The third kappa shape index (κ3) is 6.49. The maximum atomic E-state index is 13.0. The van der Waals surface area contributed by atoms with Crippen LogP contribution in [0.1, 0.15) is 11.1 Å². The molecule has 1 fully saturated rings. The van der Waals surface area contributed by atoms with Crippen LogP contribution in [0, 0.1) is 5.82 Å². The maximum Gasteiger partial charge on any atom is 0.293 e. The zero-order valence-corrected chi connectivity index (χ0v) is 21.1. The summed E-state index contributed by atoms with van der Waals surface area (Å²) in [5.74, 6) is 0.115. The molecule has 0 spiro atoms. The van der Waals surface area contributed by atoms with Crippen LogP contribution >= 0.6 is 46.6 Å². The minimum atomic E-state index is -0.418. The molecule has 35 heavy (non-hydrogen) atoms. The van der Waals surface area contributed by atoms with Gasteiger partial charge in [-0.1, -0.05) is 46.9 Å². The van der Waals surface area contributed by atoms with E-state index < -0.39 is 11.1 Å². The average Bonchev–Trinajstić information content (AvgIpc) is 3.09. The molecule has 1 saturated heterocycles. The zero-order valence-electron chi connectivity index (χ0n) is 18.0. The Morgan fingerprint density at radius 1 is 0.886 bits per heavy atom. The van der Waals surface area contributed by atoms with E-state index in [2.05, 4.69) is 0 Å². The van der Waals surface area contributed by atoms with Crippen molar-refractivity contribution in [2.75, 3.05) is 13.2 Å². The molecular formula is C25H17Cl3FNO4S. The molecule has 0 unspecified atom stereocenters. The van der Waals surface area contributed by atoms with Gasteiger partial charge < -0.3 is 9.47 Å². The molecule has 5 nitrogen and oxygen atoms in total. The predicted molar refractivity (Wildman–Crippen MR) is 137 cm³/mol. The Morgan fingerprint density at radius 3 is 2.37 bits per heavy atom. The summed E-state index contributed by atoms with van der Waals surface area (Å²) >= 11 is 19.2. The molecule has 2 amide bonds. The molecule has 0 saturated carbocycles. The molecule has 0 radical (unpaired) electrons. The molecule has 0 atom stereocenters. The number of carbonyl (C=O) groups is 2. The maximum absolute atomic E-state index is 13.0. The summed E-state index contributed by atoms with van der Waals surface area (Å²) < 4.78 is 24.2. The van der Waals surface area contributed by atoms with Crippen molar-refractivity contribution in [1.29, 1.82) is 0 Å². The summed E-state index contributed by atoms with van der Waals surface area (Å²) in [6.07, 6.45) is 1.60. The molecule has 0 bridgehead atoms. The minimum Gasteiger partial charge on any atom is -0.492 e. The van der Waals surface area contributed by atoms with Crippen LogP contribution in [0.2, 0.25) is 15.1 Å². The highest BCUT2D eigenvalue weighted by Gasteiger charge is 2.34. The summed E-state index contributed by atoms with van der Waals surface area (Å²) in [6.45, 7) is 0.407. The first kappa shape index (κ1) is 25.4. The fourth-order valence-electron chi connectivity index (χ4n) is 3.14. The first-order valence-corrected chi connectivity index (χ1v) is 12.3. The zero-order chi connectivity index (χ0) is 24.9. The molecular weight excluding hydrogens is 536 g/mol. The van der Waals surface area contributed by atoms with Crippen molar-refractivity contribution in [1.82, 2.24) is 4.90 Å². The minimum absolute atomic E-state index is 0.0711. The van der Waals surface area contributed by atoms with E-state index >= 15 is 0 Å². The van der Waals surface area contributed by atoms with Gasteiger partial charge in [0, 0.05) is 0 Å². The van der Waals surface area contributed by atoms with E-state index in [0.717, 1.165) is 22.2 Å². The lowest BCUT2D eigenvalue weighted by Crippen LogP contribution is -2.32. The molecule has 4 rings (SSSR count). The largest absolute Gasteiger partial charge is 0.492 e. The highest BCUT2D eigenvalue weighted by Crippen LogP contribution is 2.34. The van der Waals surface area contributed by atoms with Crippen molar-refractivity contribution in [3.05, 3.63) is 97.6 Å². The normalized spacial score (nSPS) is 14.6. The van der Waals surface area contributed by atoms with E-state index in [4.69, 9.17) is 44.3 Å². The van der Waals surface area contributed by atoms with Gasteiger partial charge in [-0.05, 0) is 77.5 Å². The summed E-state index contributed by atoms with van der Waals surface area (Å²) in [5.41, 5.74) is 1.47. The van der Waals surface area contributed by atoms with Gasteiger partial charge in [0.05, 0.1) is 26.5 Å². The fraction of sp³-hybridized carbons (Fsp3) is 0.120.